The van der Waals surface area contributed by atoms with Gasteiger partial charge in [0, 0.05) is 30.3 Å². The molecule has 0 radical (unpaired) electrons. The molecule has 1 aromatic carbocycles. The van der Waals surface area contributed by atoms with E-state index in [0.29, 0.717) is 24.3 Å². The fraction of sp³-hybridized carbons (Fsp3) is 0.667. The van der Waals surface area contributed by atoms with Crippen LogP contribution >= 0.6 is 15.9 Å². The van der Waals surface area contributed by atoms with Crippen LogP contribution in [0.25, 0.3) is 0 Å². The van der Waals surface area contributed by atoms with Crippen LogP contribution in [0.15, 0.2) is 30.3 Å². The maximum Gasteiger partial charge on any atom is 0.316 e. The van der Waals surface area contributed by atoms with E-state index in [9.17, 15) is 9.90 Å². The fourth-order valence-corrected chi connectivity index (χ4v) is 5.19. The van der Waals surface area contributed by atoms with Crippen molar-refractivity contribution in [3.05, 3.63) is 35.9 Å². The molecular formula is C21H28BrNO4. The van der Waals surface area contributed by atoms with Crippen LogP contribution in [0.3, 0.4) is 0 Å². The maximum absolute atomic E-state index is 12.7. The van der Waals surface area contributed by atoms with Gasteiger partial charge in [-0.2, -0.15) is 0 Å². The zero-order chi connectivity index (χ0) is 18.8. The van der Waals surface area contributed by atoms with Gasteiger partial charge in [-0.1, -0.05) is 52.7 Å². The van der Waals surface area contributed by atoms with Crippen molar-refractivity contribution in [2.45, 2.75) is 68.4 Å². The van der Waals surface area contributed by atoms with Crippen molar-refractivity contribution in [2.24, 2.45) is 0 Å². The minimum absolute atomic E-state index is 0.0690. The number of ether oxygens (including phenoxy) is 2. The molecule has 6 heteroatoms. The lowest BCUT2D eigenvalue weighted by Gasteiger charge is -2.40. The number of hydrogen-bond acceptors (Lipinski definition) is 5. The molecule has 27 heavy (non-hydrogen) atoms. The molecule has 0 spiro atoms. The minimum Gasteiger partial charge on any atom is -0.462 e. The molecule has 3 heterocycles. The second-order valence-electron chi connectivity index (χ2n) is 7.86. The van der Waals surface area contributed by atoms with Crippen LogP contribution in [-0.4, -0.2) is 64.9 Å². The number of hydrogen-bond donors (Lipinski definition) is 1. The van der Waals surface area contributed by atoms with E-state index in [1.54, 1.807) is 0 Å². The molecule has 1 aromatic rings. The Hall–Kier alpha value is -0.950. The van der Waals surface area contributed by atoms with Crippen LogP contribution in [0.5, 0.6) is 0 Å². The number of piperidine rings is 1. The van der Waals surface area contributed by atoms with E-state index in [-0.39, 0.29) is 18.7 Å². The molecule has 3 aliphatic rings. The van der Waals surface area contributed by atoms with Crippen LogP contribution in [0.4, 0.5) is 0 Å². The quantitative estimate of drug-likeness (QED) is 0.278. The number of rotatable bonds is 9. The average molecular weight is 438 g/mol. The van der Waals surface area contributed by atoms with Crippen LogP contribution in [0.1, 0.15) is 43.6 Å². The van der Waals surface area contributed by atoms with Crippen molar-refractivity contribution in [1.82, 2.24) is 4.90 Å². The van der Waals surface area contributed by atoms with Crippen molar-refractivity contribution in [1.29, 1.82) is 0 Å². The summed E-state index contributed by atoms with van der Waals surface area (Å²) in [5.41, 5.74) is 0.809. The molecule has 0 saturated carbocycles. The topological polar surface area (TPSA) is 62.3 Å². The average Bonchev–Trinajstić information content (AvgIpc) is 3.44. The third kappa shape index (κ3) is 4.09. The van der Waals surface area contributed by atoms with Crippen molar-refractivity contribution in [3.8, 4) is 0 Å². The Balaban J connectivity index is 1.34. The lowest BCUT2D eigenvalue weighted by molar-refractivity contribution is -0.157. The Bertz CT molecular complexity index is 624. The van der Waals surface area contributed by atoms with Gasteiger partial charge in [0.15, 0.2) is 0 Å². The van der Waals surface area contributed by atoms with Gasteiger partial charge in [-0.05, 0) is 24.9 Å². The maximum atomic E-state index is 12.7. The highest BCUT2D eigenvalue weighted by Gasteiger charge is 2.63. The van der Waals surface area contributed by atoms with Crippen molar-refractivity contribution in [3.63, 3.8) is 0 Å². The lowest BCUT2D eigenvalue weighted by Crippen LogP contribution is -2.50. The second kappa shape index (κ2) is 8.60. The number of alkyl halides is 1. The molecule has 148 valence electrons. The predicted molar refractivity (Wildman–Crippen MR) is 106 cm³/mol. The van der Waals surface area contributed by atoms with E-state index < -0.39 is 5.92 Å². The Morgan fingerprint density at radius 2 is 1.89 bits per heavy atom. The molecule has 3 saturated heterocycles. The Morgan fingerprint density at radius 3 is 2.52 bits per heavy atom. The molecule has 3 fully saturated rings. The largest absolute Gasteiger partial charge is 0.462 e. The number of aliphatic hydroxyl groups is 1. The number of nitrogens with zero attached hydrogens (tertiary/aromatic N) is 1. The van der Waals surface area contributed by atoms with Crippen molar-refractivity contribution < 1.29 is 19.4 Å². The highest BCUT2D eigenvalue weighted by molar-refractivity contribution is 9.09. The van der Waals surface area contributed by atoms with Crippen LogP contribution in [-0.2, 0) is 14.3 Å². The van der Waals surface area contributed by atoms with Gasteiger partial charge in [0.05, 0.1) is 6.61 Å². The third-order valence-electron chi connectivity index (χ3n) is 6.18. The molecule has 0 aliphatic carbocycles. The Kier molecular flexibility index (Phi) is 6.17. The SMILES string of the molecule is O=C(OC1CC2C3OC3C(C1)N2CCCCCBr)C(CO)c1ccccc1. The molecule has 2 bridgehead atoms. The summed E-state index contributed by atoms with van der Waals surface area (Å²) in [5.74, 6) is -0.912. The van der Waals surface area contributed by atoms with E-state index in [2.05, 4.69) is 20.8 Å². The summed E-state index contributed by atoms with van der Waals surface area (Å²) in [6.07, 6.45) is 5.95. The summed E-state index contributed by atoms with van der Waals surface area (Å²) in [7, 11) is 0. The third-order valence-corrected chi connectivity index (χ3v) is 6.74. The van der Waals surface area contributed by atoms with Gasteiger partial charge in [0.25, 0.3) is 0 Å². The summed E-state index contributed by atoms with van der Waals surface area (Å²) < 4.78 is 11.7. The number of epoxide rings is 1. The molecule has 4 rings (SSSR count). The van der Waals surface area contributed by atoms with Gasteiger partial charge in [0.2, 0.25) is 0 Å². The number of unbranched alkanes of at least 4 members (excludes halogenated alkanes) is 2. The molecule has 5 unspecified atom stereocenters. The van der Waals surface area contributed by atoms with Crippen LogP contribution < -0.4 is 0 Å². The summed E-state index contributed by atoms with van der Waals surface area (Å²) >= 11 is 3.49. The number of morpholine rings is 1. The van der Waals surface area contributed by atoms with E-state index in [1.807, 2.05) is 30.3 Å². The molecule has 0 amide bonds. The first kappa shape index (κ1) is 19.4. The number of carbonyl (C=O) groups is 1. The predicted octanol–water partition coefficient (Wildman–Crippen LogP) is 2.85. The normalized spacial score (nSPS) is 32.7. The molecule has 1 N–H and O–H groups in total. The van der Waals surface area contributed by atoms with Crippen LogP contribution in [0.2, 0.25) is 0 Å². The number of benzene rings is 1. The summed E-state index contributed by atoms with van der Waals surface area (Å²) in [6.45, 7) is 0.888. The first-order chi connectivity index (χ1) is 13.2. The Morgan fingerprint density at radius 1 is 1.19 bits per heavy atom. The number of carbonyl (C=O) groups excluding carboxylic acids is 1. The standard InChI is InChI=1S/C21H28BrNO4/c22-9-5-2-6-10-23-17-11-15(12-18(23)20-19(17)27-20)26-21(25)16(13-24)14-7-3-1-4-8-14/h1,3-4,7-8,15-20,24H,2,5-6,9-13H2. The van der Waals surface area contributed by atoms with E-state index in [1.165, 1.54) is 19.3 Å². The van der Waals surface area contributed by atoms with E-state index in [4.69, 9.17) is 9.47 Å². The van der Waals surface area contributed by atoms with Gasteiger partial charge in [-0.25, -0.2) is 0 Å². The zero-order valence-corrected chi connectivity index (χ0v) is 17.1. The molecule has 5 nitrogen and oxygen atoms in total. The summed E-state index contributed by atoms with van der Waals surface area (Å²) in [5, 5.41) is 10.8. The first-order valence-electron chi connectivity index (χ1n) is 10.1. The van der Waals surface area contributed by atoms with Gasteiger partial charge >= 0.3 is 5.97 Å². The van der Waals surface area contributed by atoms with Crippen LogP contribution in [0, 0.1) is 0 Å². The van der Waals surface area contributed by atoms with E-state index >= 15 is 0 Å². The Labute approximate surface area is 169 Å². The number of esters is 1. The second-order valence-corrected chi connectivity index (χ2v) is 8.66. The summed E-state index contributed by atoms with van der Waals surface area (Å²) in [6, 6.07) is 10.1. The van der Waals surface area contributed by atoms with E-state index in [0.717, 1.165) is 30.3 Å². The lowest BCUT2D eigenvalue weighted by atomic mass is 9.96. The molecular weight excluding hydrogens is 410 g/mol. The fourth-order valence-electron chi connectivity index (χ4n) is 4.79. The van der Waals surface area contributed by atoms with Gasteiger partial charge in [0.1, 0.15) is 24.2 Å². The highest BCUT2D eigenvalue weighted by atomic mass is 79.9. The summed E-state index contributed by atoms with van der Waals surface area (Å²) in [4.78, 5) is 15.3. The van der Waals surface area contributed by atoms with Gasteiger partial charge < -0.3 is 14.6 Å². The van der Waals surface area contributed by atoms with Crippen molar-refractivity contribution >= 4 is 21.9 Å². The van der Waals surface area contributed by atoms with Crippen molar-refractivity contribution in [2.75, 3.05) is 18.5 Å². The number of aliphatic hydroxyl groups excluding tert-OH is 1. The van der Waals surface area contributed by atoms with Gasteiger partial charge in [-0.15, -0.1) is 0 Å². The smallest absolute Gasteiger partial charge is 0.316 e. The molecule has 5 atom stereocenters. The first-order valence-corrected chi connectivity index (χ1v) is 11.2. The monoisotopic (exact) mass is 437 g/mol. The highest BCUT2D eigenvalue weighted by Crippen LogP contribution is 2.49. The molecule has 3 aliphatic heterocycles. The number of halogens is 1. The zero-order valence-electron chi connectivity index (χ0n) is 15.5. The minimum atomic E-state index is -0.600. The molecule has 0 aromatic heterocycles. The van der Waals surface area contributed by atoms with Gasteiger partial charge in [-0.3, -0.25) is 9.69 Å². The number of fused-ring (bicyclic) bond motifs is 5.